The summed E-state index contributed by atoms with van der Waals surface area (Å²) < 4.78 is 27.2. The second-order valence-electron chi connectivity index (χ2n) is 6.71. The van der Waals surface area contributed by atoms with E-state index in [1.165, 1.54) is 6.20 Å². The van der Waals surface area contributed by atoms with Crippen LogP contribution in [-0.4, -0.2) is 19.4 Å². The molecule has 1 aliphatic rings. The van der Waals surface area contributed by atoms with E-state index >= 15 is 0 Å². The minimum atomic E-state index is -3.46. The van der Waals surface area contributed by atoms with Gasteiger partial charge in [0.05, 0.1) is 21.7 Å². The third-order valence-corrected chi connectivity index (χ3v) is 6.32. The van der Waals surface area contributed by atoms with Gasteiger partial charge in [0.2, 0.25) is 10.0 Å². The maximum absolute atomic E-state index is 12.3. The topological polar surface area (TPSA) is 94.9 Å². The first-order valence-electron chi connectivity index (χ1n) is 8.80. The van der Waals surface area contributed by atoms with Crippen molar-refractivity contribution in [3.05, 3.63) is 64.8 Å². The summed E-state index contributed by atoms with van der Waals surface area (Å²) in [5, 5.41) is 14.0. The van der Waals surface area contributed by atoms with Crippen molar-refractivity contribution in [2.24, 2.45) is 0 Å². The Bertz CT molecular complexity index is 1180. The second-order valence-corrected chi connectivity index (χ2v) is 8.86. The van der Waals surface area contributed by atoms with Crippen LogP contribution in [0, 0.1) is 11.3 Å². The summed E-state index contributed by atoms with van der Waals surface area (Å²) in [4.78, 5) is 4.53. The molecule has 6 nitrogen and oxygen atoms in total. The number of nitrogens with zero attached hydrogens (tertiary/aromatic N) is 2. The first-order chi connectivity index (χ1) is 13.5. The van der Waals surface area contributed by atoms with Crippen molar-refractivity contribution in [3.8, 4) is 6.07 Å². The molecule has 2 aromatic carbocycles. The van der Waals surface area contributed by atoms with Gasteiger partial charge in [0.15, 0.2) is 0 Å². The molecule has 28 heavy (non-hydrogen) atoms. The van der Waals surface area contributed by atoms with Gasteiger partial charge in [-0.05, 0) is 48.7 Å². The molecule has 0 atom stereocenters. The van der Waals surface area contributed by atoms with Crippen molar-refractivity contribution >= 4 is 38.2 Å². The van der Waals surface area contributed by atoms with Crippen molar-refractivity contribution in [2.75, 3.05) is 5.32 Å². The van der Waals surface area contributed by atoms with Crippen LogP contribution in [0.15, 0.2) is 53.6 Å². The normalized spacial score (nSPS) is 14.0. The molecule has 0 aliphatic heterocycles. The van der Waals surface area contributed by atoms with Gasteiger partial charge in [-0.15, -0.1) is 0 Å². The zero-order valence-corrected chi connectivity index (χ0v) is 16.4. The van der Waals surface area contributed by atoms with Crippen LogP contribution in [-0.2, 0) is 16.6 Å². The van der Waals surface area contributed by atoms with Crippen molar-refractivity contribution in [1.82, 2.24) is 9.71 Å². The Balaban J connectivity index is 1.56. The maximum Gasteiger partial charge on any atom is 0.240 e. The minimum Gasteiger partial charge on any atom is -0.379 e. The number of pyridine rings is 1. The zero-order valence-electron chi connectivity index (χ0n) is 14.8. The van der Waals surface area contributed by atoms with Crippen LogP contribution in [0.25, 0.3) is 10.9 Å². The van der Waals surface area contributed by atoms with Crippen LogP contribution < -0.4 is 10.0 Å². The van der Waals surface area contributed by atoms with Gasteiger partial charge in [-0.25, -0.2) is 13.1 Å². The van der Waals surface area contributed by atoms with E-state index in [4.69, 9.17) is 11.6 Å². The number of fused-ring (bicyclic) bond motifs is 1. The third-order valence-electron chi connectivity index (χ3n) is 4.55. The smallest absolute Gasteiger partial charge is 0.240 e. The zero-order chi connectivity index (χ0) is 19.7. The Morgan fingerprint density at radius 1 is 1.18 bits per heavy atom. The summed E-state index contributed by atoms with van der Waals surface area (Å²) in [5.74, 6) is 0. The SMILES string of the molecule is N#Cc1cnc2ccc(Cl)cc2c1NCc1ccc(S(=O)(=O)NC2CC2)cc1. The number of hydrogen-bond acceptors (Lipinski definition) is 5. The fraction of sp³-hybridized carbons (Fsp3) is 0.200. The first-order valence-corrected chi connectivity index (χ1v) is 10.7. The number of anilines is 1. The number of benzene rings is 2. The number of nitrogens with one attached hydrogen (secondary N) is 2. The monoisotopic (exact) mass is 412 g/mol. The number of halogens is 1. The van der Waals surface area contributed by atoms with Gasteiger partial charge < -0.3 is 5.32 Å². The molecule has 142 valence electrons. The van der Waals surface area contributed by atoms with Crippen molar-refractivity contribution < 1.29 is 8.42 Å². The average Bonchev–Trinajstić information content (AvgIpc) is 3.49. The summed E-state index contributed by atoms with van der Waals surface area (Å²) >= 11 is 6.10. The van der Waals surface area contributed by atoms with Gasteiger partial charge in [0, 0.05) is 29.2 Å². The van der Waals surface area contributed by atoms with Gasteiger partial charge in [-0.3, -0.25) is 4.98 Å². The van der Waals surface area contributed by atoms with Crippen molar-refractivity contribution in [3.63, 3.8) is 0 Å². The van der Waals surface area contributed by atoms with E-state index in [1.807, 2.05) is 0 Å². The Morgan fingerprint density at radius 2 is 1.93 bits per heavy atom. The van der Waals surface area contributed by atoms with Gasteiger partial charge in [-0.1, -0.05) is 23.7 Å². The molecular formula is C20H17ClN4O2S. The van der Waals surface area contributed by atoms with Crippen LogP contribution >= 0.6 is 11.6 Å². The Morgan fingerprint density at radius 3 is 2.61 bits per heavy atom. The molecule has 1 fully saturated rings. The maximum atomic E-state index is 12.3. The van der Waals surface area contributed by atoms with E-state index < -0.39 is 10.0 Å². The molecule has 3 aromatic rings. The Hall–Kier alpha value is -2.66. The molecule has 0 bridgehead atoms. The lowest BCUT2D eigenvalue weighted by Crippen LogP contribution is -2.25. The van der Waals surface area contributed by atoms with Crippen molar-refractivity contribution in [1.29, 1.82) is 5.26 Å². The molecule has 0 unspecified atom stereocenters. The predicted molar refractivity (Wildman–Crippen MR) is 109 cm³/mol. The fourth-order valence-electron chi connectivity index (χ4n) is 2.91. The number of aromatic nitrogens is 1. The molecular weight excluding hydrogens is 396 g/mol. The summed E-state index contributed by atoms with van der Waals surface area (Å²) in [6.07, 6.45) is 3.32. The van der Waals surface area contributed by atoms with E-state index in [0.29, 0.717) is 22.8 Å². The number of nitriles is 1. The standard InChI is InChI=1S/C20H17ClN4O2S/c21-15-3-8-19-18(9-15)20(14(10-22)12-23-19)24-11-13-1-6-17(7-2-13)28(26,27)25-16-4-5-16/h1-3,6-9,12,16,25H,4-5,11H2,(H,23,24). The number of rotatable bonds is 6. The van der Waals surface area contributed by atoms with Crippen LogP contribution in [0.3, 0.4) is 0 Å². The predicted octanol–water partition coefficient (Wildman–Crippen LogP) is 3.81. The van der Waals surface area contributed by atoms with Gasteiger partial charge >= 0.3 is 0 Å². The third kappa shape index (κ3) is 3.94. The summed E-state index contributed by atoms with van der Waals surface area (Å²) in [6.45, 7) is 0.427. The highest BCUT2D eigenvalue weighted by molar-refractivity contribution is 7.89. The lowest BCUT2D eigenvalue weighted by atomic mass is 10.1. The minimum absolute atomic E-state index is 0.0718. The highest BCUT2D eigenvalue weighted by Gasteiger charge is 2.27. The van der Waals surface area contributed by atoms with Crippen molar-refractivity contribution in [2.45, 2.75) is 30.3 Å². The fourth-order valence-corrected chi connectivity index (χ4v) is 4.38. The quantitative estimate of drug-likeness (QED) is 0.641. The van der Waals surface area contributed by atoms with E-state index in [1.54, 1.807) is 42.5 Å². The molecule has 1 saturated carbocycles. The largest absolute Gasteiger partial charge is 0.379 e. The van der Waals surface area contributed by atoms with Crippen LogP contribution in [0.4, 0.5) is 5.69 Å². The molecule has 0 radical (unpaired) electrons. The van der Waals surface area contributed by atoms with Gasteiger partial charge in [0.25, 0.3) is 0 Å². The molecule has 1 aromatic heterocycles. The van der Waals surface area contributed by atoms with E-state index in [-0.39, 0.29) is 10.9 Å². The molecule has 2 N–H and O–H groups in total. The summed E-state index contributed by atoms with van der Waals surface area (Å²) in [5.41, 5.74) is 2.70. The highest BCUT2D eigenvalue weighted by atomic mass is 35.5. The lowest BCUT2D eigenvalue weighted by molar-refractivity contribution is 0.581. The Kier molecular flexibility index (Phi) is 4.94. The van der Waals surface area contributed by atoms with E-state index in [2.05, 4.69) is 21.1 Å². The first kappa shape index (κ1) is 18.7. The van der Waals surface area contributed by atoms with Crippen LogP contribution in [0.1, 0.15) is 24.0 Å². The number of hydrogen-bond donors (Lipinski definition) is 2. The lowest BCUT2D eigenvalue weighted by Gasteiger charge is -2.12. The molecule has 0 amide bonds. The summed E-state index contributed by atoms with van der Waals surface area (Å²) in [7, 11) is -3.46. The number of sulfonamides is 1. The summed E-state index contributed by atoms with van der Waals surface area (Å²) in [6, 6.07) is 14.2. The molecule has 1 aliphatic carbocycles. The second kappa shape index (κ2) is 7.40. The van der Waals surface area contributed by atoms with Crippen LogP contribution in [0.5, 0.6) is 0 Å². The molecule has 1 heterocycles. The molecule has 8 heteroatoms. The van der Waals surface area contributed by atoms with Crippen LogP contribution in [0.2, 0.25) is 5.02 Å². The van der Waals surface area contributed by atoms with Gasteiger partial charge in [0.1, 0.15) is 6.07 Å². The molecule has 0 saturated heterocycles. The Labute approximate surface area is 168 Å². The molecule has 0 spiro atoms. The molecule has 4 rings (SSSR count). The highest BCUT2D eigenvalue weighted by Crippen LogP contribution is 2.29. The average molecular weight is 413 g/mol. The van der Waals surface area contributed by atoms with E-state index in [0.717, 1.165) is 29.3 Å². The van der Waals surface area contributed by atoms with E-state index in [9.17, 15) is 13.7 Å². The van der Waals surface area contributed by atoms with Gasteiger partial charge in [-0.2, -0.15) is 5.26 Å².